The van der Waals surface area contributed by atoms with Crippen molar-refractivity contribution in [2.24, 2.45) is 0 Å². The van der Waals surface area contributed by atoms with Gasteiger partial charge in [0.1, 0.15) is 18.5 Å². The number of ether oxygens (including phenoxy) is 2. The van der Waals surface area contributed by atoms with E-state index in [1.54, 1.807) is 18.6 Å². The molecule has 1 saturated heterocycles. The predicted octanol–water partition coefficient (Wildman–Crippen LogP) is 3.34. The van der Waals surface area contributed by atoms with Crippen LogP contribution >= 0.6 is 0 Å². The zero-order chi connectivity index (χ0) is 18.6. The highest BCUT2D eigenvalue weighted by molar-refractivity contribution is 5.90. The fraction of sp³-hybridized carbons (Fsp3) is 0.350. The number of pyridine rings is 1. The Morgan fingerprint density at radius 2 is 2.22 bits per heavy atom. The van der Waals surface area contributed by atoms with Crippen molar-refractivity contribution in [1.82, 2.24) is 14.9 Å². The number of halogens is 2. The monoisotopic (exact) mass is 373 g/mol. The largest absolute Gasteiger partial charge is 0.490 e. The fourth-order valence-corrected chi connectivity index (χ4v) is 3.23. The summed E-state index contributed by atoms with van der Waals surface area (Å²) in [6.07, 6.45) is 2.72. The first-order chi connectivity index (χ1) is 13.2. The maximum absolute atomic E-state index is 12.6. The van der Waals surface area contributed by atoms with Gasteiger partial charge in [0.25, 0.3) is 6.43 Å². The zero-order valence-corrected chi connectivity index (χ0v) is 14.8. The summed E-state index contributed by atoms with van der Waals surface area (Å²) in [6, 6.07) is 9.53. The van der Waals surface area contributed by atoms with Crippen LogP contribution in [0.1, 0.15) is 0 Å². The first-order valence-electron chi connectivity index (χ1n) is 8.97. The molecule has 5 nitrogen and oxygen atoms in total. The number of nitrogens with one attached hydrogen (secondary N) is 1. The molecule has 0 aliphatic carbocycles. The van der Waals surface area contributed by atoms with Crippen LogP contribution in [0, 0.1) is 0 Å². The van der Waals surface area contributed by atoms with Crippen LogP contribution in [0.3, 0.4) is 0 Å². The van der Waals surface area contributed by atoms with Crippen LogP contribution in [0.4, 0.5) is 8.78 Å². The van der Waals surface area contributed by atoms with E-state index in [-0.39, 0.29) is 12.6 Å². The van der Waals surface area contributed by atoms with Crippen molar-refractivity contribution in [3.63, 3.8) is 0 Å². The Kier molecular flexibility index (Phi) is 5.31. The first-order valence-corrected chi connectivity index (χ1v) is 8.97. The third-order valence-electron chi connectivity index (χ3n) is 4.54. The second kappa shape index (κ2) is 8.02. The number of alkyl halides is 2. The highest BCUT2D eigenvalue weighted by Crippen LogP contribution is 2.32. The fourth-order valence-electron chi connectivity index (χ4n) is 3.23. The van der Waals surface area contributed by atoms with Crippen molar-refractivity contribution in [2.75, 3.05) is 26.3 Å². The minimum absolute atomic E-state index is 0.00116. The SMILES string of the molecule is FC(F)Cn1ccc(-c2cc(OC[C@@H]3CNCCO3)c3cccnc3c2)c1. The van der Waals surface area contributed by atoms with E-state index in [4.69, 9.17) is 9.47 Å². The van der Waals surface area contributed by atoms with Gasteiger partial charge in [-0.2, -0.15) is 0 Å². The van der Waals surface area contributed by atoms with Crippen molar-refractivity contribution < 1.29 is 18.3 Å². The standard InChI is InChI=1S/C20H21F2N3O2/c21-20(22)12-25-6-3-14(11-25)15-8-18-17(2-1-4-24-18)19(9-15)27-13-16-10-23-5-7-26-16/h1-4,6,8-9,11,16,20,23H,5,7,10,12-13H2/t16-/m0/s1. The zero-order valence-electron chi connectivity index (χ0n) is 14.8. The van der Waals surface area contributed by atoms with Crippen LogP contribution in [0.5, 0.6) is 5.75 Å². The summed E-state index contributed by atoms with van der Waals surface area (Å²) in [5.41, 5.74) is 2.53. The number of nitrogens with zero attached hydrogens (tertiary/aromatic N) is 2. The predicted molar refractivity (Wildman–Crippen MR) is 99.3 cm³/mol. The Morgan fingerprint density at radius 1 is 1.30 bits per heavy atom. The Bertz CT molecular complexity index is 907. The molecule has 0 radical (unpaired) electrons. The topological polar surface area (TPSA) is 48.3 Å². The number of hydrogen-bond acceptors (Lipinski definition) is 4. The summed E-state index contributed by atoms with van der Waals surface area (Å²) in [5, 5.41) is 4.20. The highest BCUT2D eigenvalue weighted by atomic mass is 19.3. The van der Waals surface area contributed by atoms with Crippen LogP contribution in [0.2, 0.25) is 0 Å². The minimum atomic E-state index is -2.38. The molecule has 1 aliphatic rings. The van der Waals surface area contributed by atoms with Crippen LogP contribution in [-0.4, -0.2) is 48.4 Å². The van der Waals surface area contributed by atoms with Gasteiger partial charge in [0.2, 0.25) is 0 Å². The van der Waals surface area contributed by atoms with Gasteiger partial charge in [0, 0.05) is 37.1 Å². The van der Waals surface area contributed by atoms with Gasteiger partial charge in [0.05, 0.1) is 18.7 Å². The van der Waals surface area contributed by atoms with Crippen molar-refractivity contribution in [3.8, 4) is 16.9 Å². The molecule has 0 spiro atoms. The lowest BCUT2D eigenvalue weighted by Crippen LogP contribution is -2.41. The van der Waals surface area contributed by atoms with Crippen LogP contribution in [0.25, 0.3) is 22.0 Å². The van der Waals surface area contributed by atoms with Crippen molar-refractivity contribution in [2.45, 2.75) is 19.1 Å². The lowest BCUT2D eigenvalue weighted by molar-refractivity contribution is 0.000518. The molecule has 0 bridgehead atoms. The molecule has 1 fully saturated rings. The maximum atomic E-state index is 12.6. The molecule has 0 amide bonds. The van der Waals surface area contributed by atoms with Gasteiger partial charge in [-0.3, -0.25) is 4.98 Å². The summed E-state index contributed by atoms with van der Waals surface area (Å²) in [6.45, 7) is 2.41. The van der Waals surface area contributed by atoms with Crippen LogP contribution in [0.15, 0.2) is 48.9 Å². The second-order valence-corrected chi connectivity index (χ2v) is 6.54. The smallest absolute Gasteiger partial charge is 0.256 e. The van der Waals surface area contributed by atoms with E-state index in [9.17, 15) is 8.78 Å². The van der Waals surface area contributed by atoms with E-state index in [2.05, 4.69) is 10.3 Å². The maximum Gasteiger partial charge on any atom is 0.256 e. The lowest BCUT2D eigenvalue weighted by Gasteiger charge is -2.24. The molecule has 7 heteroatoms. The normalized spacial score (nSPS) is 17.5. The minimum Gasteiger partial charge on any atom is -0.490 e. The number of hydrogen-bond donors (Lipinski definition) is 1. The molecule has 1 N–H and O–H groups in total. The van der Waals surface area contributed by atoms with E-state index in [1.165, 1.54) is 4.57 Å². The van der Waals surface area contributed by atoms with E-state index in [0.29, 0.717) is 19.0 Å². The third-order valence-corrected chi connectivity index (χ3v) is 4.54. The molecule has 3 heterocycles. The molecule has 0 saturated carbocycles. The second-order valence-electron chi connectivity index (χ2n) is 6.54. The lowest BCUT2D eigenvalue weighted by atomic mass is 10.1. The van der Waals surface area contributed by atoms with Gasteiger partial charge in [-0.15, -0.1) is 0 Å². The molecule has 1 aromatic carbocycles. The summed E-state index contributed by atoms with van der Waals surface area (Å²) in [5.74, 6) is 0.714. The molecule has 1 atom stereocenters. The molecule has 1 aliphatic heterocycles. The first kappa shape index (κ1) is 17.9. The molecule has 3 aromatic rings. The number of benzene rings is 1. The Hall–Kier alpha value is -2.51. The third kappa shape index (κ3) is 4.26. The summed E-state index contributed by atoms with van der Waals surface area (Å²) in [7, 11) is 0. The summed E-state index contributed by atoms with van der Waals surface area (Å²) >= 11 is 0. The average molecular weight is 373 g/mol. The van der Waals surface area contributed by atoms with E-state index >= 15 is 0 Å². The molecule has 4 rings (SSSR count). The van der Waals surface area contributed by atoms with E-state index < -0.39 is 6.43 Å². The van der Waals surface area contributed by atoms with Gasteiger partial charge < -0.3 is 19.4 Å². The van der Waals surface area contributed by atoms with Gasteiger partial charge in [0.15, 0.2) is 0 Å². The Morgan fingerprint density at radius 3 is 3.04 bits per heavy atom. The highest BCUT2D eigenvalue weighted by Gasteiger charge is 2.16. The van der Waals surface area contributed by atoms with Crippen LogP contribution < -0.4 is 10.1 Å². The van der Waals surface area contributed by atoms with Crippen LogP contribution in [-0.2, 0) is 11.3 Å². The van der Waals surface area contributed by atoms with Crippen molar-refractivity contribution in [1.29, 1.82) is 0 Å². The van der Waals surface area contributed by atoms with Gasteiger partial charge in [-0.1, -0.05) is 0 Å². The average Bonchev–Trinajstić information content (AvgIpc) is 3.14. The molecular formula is C20H21F2N3O2. The van der Waals surface area contributed by atoms with Gasteiger partial charge >= 0.3 is 0 Å². The molecule has 0 unspecified atom stereocenters. The van der Waals surface area contributed by atoms with Gasteiger partial charge in [-0.05, 0) is 41.5 Å². The van der Waals surface area contributed by atoms with E-state index in [1.807, 2.05) is 30.3 Å². The number of morpholine rings is 1. The summed E-state index contributed by atoms with van der Waals surface area (Å²) < 4.78 is 38.5. The quantitative estimate of drug-likeness (QED) is 0.720. The Labute approximate surface area is 155 Å². The van der Waals surface area contributed by atoms with E-state index in [0.717, 1.165) is 35.1 Å². The molecule has 2 aromatic heterocycles. The summed E-state index contributed by atoms with van der Waals surface area (Å²) in [4.78, 5) is 4.43. The van der Waals surface area contributed by atoms with Crippen molar-refractivity contribution in [3.05, 3.63) is 48.9 Å². The molecular weight excluding hydrogens is 352 g/mol. The number of fused-ring (bicyclic) bond motifs is 1. The number of rotatable bonds is 6. The Balaban J connectivity index is 1.62. The van der Waals surface area contributed by atoms with Gasteiger partial charge in [-0.25, -0.2) is 8.78 Å². The molecule has 27 heavy (non-hydrogen) atoms. The van der Waals surface area contributed by atoms with Crippen molar-refractivity contribution >= 4 is 10.9 Å². The molecule has 142 valence electrons. The number of aromatic nitrogens is 2.